The van der Waals surface area contributed by atoms with E-state index in [4.69, 9.17) is 5.11 Å². The quantitative estimate of drug-likeness (QED) is 0.809. The van der Waals surface area contributed by atoms with Crippen molar-refractivity contribution in [1.29, 1.82) is 0 Å². The fraction of sp³-hybridized carbons (Fsp3) is 0.800. The molecule has 0 aromatic carbocycles. The largest absolute Gasteiger partial charge is 0.480 e. The van der Waals surface area contributed by atoms with Crippen molar-refractivity contribution >= 4 is 11.9 Å². The van der Waals surface area contributed by atoms with Gasteiger partial charge in [0.15, 0.2) is 0 Å². The average Bonchev–Trinajstić information content (AvgIpc) is 2.56. The van der Waals surface area contributed by atoms with E-state index in [1.165, 1.54) is 18.9 Å². The number of likely N-dealkylation sites (tertiary alicyclic amines) is 1. The Balaban J connectivity index is 2.67. The van der Waals surface area contributed by atoms with Crippen molar-refractivity contribution in [3.05, 3.63) is 0 Å². The van der Waals surface area contributed by atoms with Crippen LogP contribution in [0.5, 0.6) is 0 Å². The fourth-order valence-electron chi connectivity index (χ4n) is 1.92. The monoisotopic (exact) mass is 268 g/mol. The van der Waals surface area contributed by atoms with Crippen LogP contribution in [-0.4, -0.2) is 65.2 Å². The summed E-state index contributed by atoms with van der Waals surface area (Å²) in [6.07, 6.45) is -4.22. The molecular weight excluding hydrogens is 253 g/mol. The maximum Gasteiger partial charge on any atom is 0.406 e. The number of rotatable bonds is 4. The van der Waals surface area contributed by atoms with Crippen LogP contribution in [0.25, 0.3) is 0 Å². The molecule has 1 rings (SSSR count). The molecule has 1 N–H and O–H groups in total. The molecule has 1 aliphatic rings. The van der Waals surface area contributed by atoms with Crippen LogP contribution in [0.15, 0.2) is 0 Å². The first-order valence-electron chi connectivity index (χ1n) is 5.43. The SMILES string of the molecule is CC(C(=O)O)N(C)C1CCN(CC(F)(F)F)C1=O. The van der Waals surface area contributed by atoms with Crippen molar-refractivity contribution in [2.75, 3.05) is 20.1 Å². The van der Waals surface area contributed by atoms with E-state index in [0.29, 0.717) is 0 Å². The number of amides is 1. The highest BCUT2D eigenvalue weighted by atomic mass is 19.4. The lowest BCUT2D eigenvalue weighted by Gasteiger charge is -2.27. The maximum atomic E-state index is 12.2. The van der Waals surface area contributed by atoms with E-state index in [9.17, 15) is 22.8 Å². The molecule has 1 fully saturated rings. The molecule has 0 aliphatic carbocycles. The predicted molar refractivity (Wildman–Crippen MR) is 55.9 cm³/mol. The van der Waals surface area contributed by atoms with Crippen molar-refractivity contribution in [1.82, 2.24) is 9.80 Å². The molecule has 1 saturated heterocycles. The van der Waals surface area contributed by atoms with Crippen molar-refractivity contribution in [3.8, 4) is 0 Å². The second kappa shape index (κ2) is 5.13. The normalized spacial score (nSPS) is 22.7. The average molecular weight is 268 g/mol. The predicted octanol–water partition coefficient (Wildman–Crippen LogP) is 0.555. The first-order valence-corrected chi connectivity index (χ1v) is 5.43. The van der Waals surface area contributed by atoms with Gasteiger partial charge in [0.25, 0.3) is 0 Å². The fourth-order valence-corrected chi connectivity index (χ4v) is 1.92. The highest BCUT2D eigenvalue weighted by Crippen LogP contribution is 2.23. The summed E-state index contributed by atoms with van der Waals surface area (Å²) in [5, 5.41) is 8.80. The summed E-state index contributed by atoms with van der Waals surface area (Å²) in [7, 11) is 1.43. The van der Waals surface area contributed by atoms with Crippen LogP contribution >= 0.6 is 0 Å². The van der Waals surface area contributed by atoms with Crippen LogP contribution in [0.2, 0.25) is 0 Å². The van der Waals surface area contributed by atoms with Crippen molar-refractivity contribution < 1.29 is 27.9 Å². The van der Waals surface area contributed by atoms with Crippen LogP contribution < -0.4 is 0 Å². The third kappa shape index (κ3) is 3.34. The molecular formula is C10H15F3N2O3. The topological polar surface area (TPSA) is 60.9 Å². The first kappa shape index (κ1) is 14.7. The second-order valence-corrected chi connectivity index (χ2v) is 4.36. The zero-order chi connectivity index (χ0) is 14.1. The number of likely N-dealkylation sites (N-methyl/N-ethyl adjacent to an activating group) is 1. The van der Waals surface area contributed by atoms with Gasteiger partial charge in [0.05, 0.1) is 6.04 Å². The number of aliphatic carboxylic acids is 1. The van der Waals surface area contributed by atoms with Crippen molar-refractivity contribution in [2.45, 2.75) is 31.6 Å². The molecule has 8 heteroatoms. The Bertz CT molecular complexity index is 346. The summed E-state index contributed by atoms with van der Waals surface area (Å²) >= 11 is 0. The zero-order valence-electron chi connectivity index (χ0n) is 10.1. The third-order valence-electron chi connectivity index (χ3n) is 3.10. The molecule has 2 atom stereocenters. The molecule has 0 bridgehead atoms. The minimum absolute atomic E-state index is 0.000308. The number of hydrogen-bond donors (Lipinski definition) is 1. The molecule has 104 valence electrons. The standard InChI is InChI=1S/C10H15F3N2O3/c1-6(9(17)18)14(2)7-3-4-15(8(7)16)5-10(11,12)13/h6-7H,3-5H2,1-2H3,(H,17,18). The smallest absolute Gasteiger partial charge is 0.406 e. The Morgan fingerprint density at radius 2 is 2.17 bits per heavy atom. The zero-order valence-corrected chi connectivity index (χ0v) is 10.1. The summed E-state index contributed by atoms with van der Waals surface area (Å²) in [6.45, 7) is 0.110. The number of carbonyl (C=O) groups excluding carboxylic acids is 1. The van der Waals surface area contributed by atoms with Crippen LogP contribution in [0.4, 0.5) is 13.2 Å². The molecule has 0 spiro atoms. The molecule has 5 nitrogen and oxygen atoms in total. The van der Waals surface area contributed by atoms with Crippen LogP contribution in [0, 0.1) is 0 Å². The summed E-state index contributed by atoms with van der Waals surface area (Å²) in [5.74, 6) is -1.78. The molecule has 1 heterocycles. The van der Waals surface area contributed by atoms with E-state index in [1.54, 1.807) is 0 Å². The molecule has 18 heavy (non-hydrogen) atoms. The Morgan fingerprint density at radius 3 is 2.61 bits per heavy atom. The van der Waals surface area contributed by atoms with Gasteiger partial charge in [0.2, 0.25) is 5.91 Å². The van der Waals surface area contributed by atoms with Gasteiger partial charge < -0.3 is 10.0 Å². The summed E-state index contributed by atoms with van der Waals surface area (Å²) in [6, 6.07) is -1.71. The highest BCUT2D eigenvalue weighted by molar-refractivity contribution is 5.85. The van der Waals surface area contributed by atoms with Crippen LogP contribution in [-0.2, 0) is 9.59 Å². The molecule has 0 radical (unpaired) electrons. The first-order chi connectivity index (χ1) is 8.13. The summed E-state index contributed by atoms with van der Waals surface area (Å²) in [5.41, 5.74) is 0. The van der Waals surface area contributed by atoms with E-state index >= 15 is 0 Å². The van der Waals surface area contributed by atoms with E-state index in [-0.39, 0.29) is 13.0 Å². The Morgan fingerprint density at radius 1 is 1.61 bits per heavy atom. The third-order valence-corrected chi connectivity index (χ3v) is 3.10. The van der Waals surface area contributed by atoms with Gasteiger partial charge in [-0.25, -0.2) is 0 Å². The molecule has 0 aromatic rings. The Labute approximate surface area is 102 Å². The Kier molecular flexibility index (Phi) is 4.20. The van der Waals surface area contributed by atoms with Gasteiger partial charge in [-0.15, -0.1) is 0 Å². The number of carboxylic acid groups (broad SMARTS) is 1. The highest BCUT2D eigenvalue weighted by Gasteiger charge is 2.42. The molecule has 1 amide bonds. The van der Waals surface area contributed by atoms with E-state index in [0.717, 1.165) is 4.90 Å². The number of carboxylic acids is 1. The minimum Gasteiger partial charge on any atom is -0.480 e. The second-order valence-electron chi connectivity index (χ2n) is 4.36. The van der Waals surface area contributed by atoms with Gasteiger partial charge in [0, 0.05) is 6.54 Å². The van der Waals surface area contributed by atoms with Crippen molar-refractivity contribution in [3.63, 3.8) is 0 Å². The van der Waals surface area contributed by atoms with Gasteiger partial charge in [-0.2, -0.15) is 13.2 Å². The lowest BCUT2D eigenvalue weighted by Crippen LogP contribution is -2.48. The number of carbonyl (C=O) groups is 2. The number of alkyl halides is 3. The van der Waals surface area contributed by atoms with Crippen LogP contribution in [0.1, 0.15) is 13.3 Å². The maximum absolute atomic E-state index is 12.2. The summed E-state index contributed by atoms with van der Waals surface area (Å²) < 4.78 is 36.6. The molecule has 0 aromatic heterocycles. The number of nitrogens with zero attached hydrogens (tertiary/aromatic N) is 2. The van der Waals surface area contributed by atoms with Gasteiger partial charge in [-0.05, 0) is 20.4 Å². The Hall–Kier alpha value is -1.31. The van der Waals surface area contributed by atoms with E-state index in [1.807, 2.05) is 0 Å². The molecule has 1 aliphatic heterocycles. The van der Waals surface area contributed by atoms with Gasteiger partial charge in [-0.1, -0.05) is 0 Å². The number of hydrogen-bond acceptors (Lipinski definition) is 3. The van der Waals surface area contributed by atoms with Gasteiger partial charge in [-0.3, -0.25) is 14.5 Å². The van der Waals surface area contributed by atoms with Crippen LogP contribution in [0.3, 0.4) is 0 Å². The number of halogens is 3. The molecule has 2 unspecified atom stereocenters. The van der Waals surface area contributed by atoms with Crippen molar-refractivity contribution in [2.24, 2.45) is 0 Å². The van der Waals surface area contributed by atoms with Gasteiger partial charge in [0.1, 0.15) is 12.6 Å². The minimum atomic E-state index is -4.43. The van der Waals surface area contributed by atoms with Gasteiger partial charge >= 0.3 is 12.1 Å². The lowest BCUT2D eigenvalue weighted by atomic mass is 10.2. The molecule has 0 saturated carbocycles. The summed E-state index contributed by atoms with van der Waals surface area (Å²) in [4.78, 5) is 24.5. The van der Waals surface area contributed by atoms with E-state index in [2.05, 4.69) is 0 Å². The lowest BCUT2D eigenvalue weighted by molar-refractivity contribution is -0.159. The van der Waals surface area contributed by atoms with E-state index < -0.39 is 36.7 Å².